The number of aldehydes is 1. The van der Waals surface area contributed by atoms with Gasteiger partial charge in [0.25, 0.3) is 0 Å². The molecule has 1 rings (SSSR count). The third-order valence-corrected chi connectivity index (χ3v) is 2.11. The van der Waals surface area contributed by atoms with Crippen molar-refractivity contribution in [2.45, 2.75) is 5.03 Å². The molecule has 0 aliphatic carbocycles. The third-order valence-electron chi connectivity index (χ3n) is 1.10. The van der Waals surface area contributed by atoms with Gasteiger partial charge in [-0.05, 0) is 0 Å². The maximum absolute atomic E-state index is 10.3. The molecule has 0 radical (unpaired) electrons. The maximum Gasteiger partial charge on any atom is 0.313 e. The first-order chi connectivity index (χ1) is 5.74. The minimum absolute atomic E-state index is 0.0803. The SMILES string of the molecule is O=Cc1cn[nH]c1SCC(=O)O. The Hall–Kier alpha value is -1.30. The molecule has 0 spiro atoms. The highest BCUT2D eigenvalue weighted by Crippen LogP contribution is 2.17. The molecule has 0 unspecified atom stereocenters. The summed E-state index contributed by atoms with van der Waals surface area (Å²) < 4.78 is 0. The summed E-state index contributed by atoms with van der Waals surface area (Å²) in [7, 11) is 0. The number of carbonyl (C=O) groups is 2. The summed E-state index contributed by atoms with van der Waals surface area (Å²) in [6.45, 7) is 0. The molecule has 0 atom stereocenters. The highest BCUT2D eigenvalue weighted by atomic mass is 32.2. The Bertz CT molecular complexity index is 297. The summed E-state index contributed by atoms with van der Waals surface area (Å²) in [6, 6.07) is 0. The lowest BCUT2D eigenvalue weighted by molar-refractivity contribution is -0.133. The molecule has 0 saturated carbocycles. The van der Waals surface area contributed by atoms with Crippen LogP contribution in [0.25, 0.3) is 0 Å². The molecule has 1 aromatic rings. The summed E-state index contributed by atoms with van der Waals surface area (Å²) in [4.78, 5) is 20.5. The van der Waals surface area contributed by atoms with Gasteiger partial charge in [0, 0.05) is 0 Å². The van der Waals surface area contributed by atoms with Crippen LogP contribution >= 0.6 is 11.8 Å². The molecule has 1 aromatic heterocycles. The van der Waals surface area contributed by atoms with Crippen LogP contribution in [0.15, 0.2) is 11.2 Å². The number of rotatable bonds is 4. The van der Waals surface area contributed by atoms with Gasteiger partial charge in [-0.1, -0.05) is 11.8 Å². The Balaban J connectivity index is 2.62. The lowest BCUT2D eigenvalue weighted by Gasteiger charge is -1.92. The average molecular weight is 186 g/mol. The molecule has 12 heavy (non-hydrogen) atoms. The molecule has 0 fully saturated rings. The molecule has 0 aliphatic rings. The zero-order chi connectivity index (χ0) is 8.97. The predicted molar refractivity (Wildman–Crippen MR) is 42.3 cm³/mol. The fourth-order valence-electron chi connectivity index (χ4n) is 0.617. The van der Waals surface area contributed by atoms with Crippen molar-refractivity contribution in [1.29, 1.82) is 0 Å². The molecular formula is C6H6N2O3S. The van der Waals surface area contributed by atoms with Crippen molar-refractivity contribution in [2.24, 2.45) is 0 Å². The Kier molecular flexibility index (Phi) is 2.87. The molecule has 5 nitrogen and oxygen atoms in total. The van der Waals surface area contributed by atoms with Crippen LogP contribution in [0, 0.1) is 0 Å². The van der Waals surface area contributed by atoms with E-state index in [0.717, 1.165) is 11.8 Å². The first-order valence-electron chi connectivity index (χ1n) is 3.07. The van der Waals surface area contributed by atoms with E-state index in [4.69, 9.17) is 5.11 Å². The zero-order valence-corrected chi connectivity index (χ0v) is 6.80. The molecule has 64 valence electrons. The van der Waals surface area contributed by atoms with Crippen molar-refractivity contribution in [3.05, 3.63) is 11.8 Å². The van der Waals surface area contributed by atoms with E-state index < -0.39 is 5.97 Å². The van der Waals surface area contributed by atoms with E-state index in [1.54, 1.807) is 0 Å². The fraction of sp³-hybridized carbons (Fsp3) is 0.167. The fourth-order valence-corrected chi connectivity index (χ4v) is 1.27. The first-order valence-corrected chi connectivity index (χ1v) is 4.05. The zero-order valence-electron chi connectivity index (χ0n) is 5.98. The van der Waals surface area contributed by atoms with Crippen LogP contribution < -0.4 is 0 Å². The van der Waals surface area contributed by atoms with Gasteiger partial charge in [-0.15, -0.1) is 0 Å². The van der Waals surface area contributed by atoms with Gasteiger partial charge in [0.1, 0.15) is 5.03 Å². The van der Waals surface area contributed by atoms with E-state index in [2.05, 4.69) is 10.2 Å². The van der Waals surface area contributed by atoms with Crippen molar-refractivity contribution in [2.75, 3.05) is 5.75 Å². The van der Waals surface area contributed by atoms with Crippen molar-refractivity contribution in [3.8, 4) is 0 Å². The highest BCUT2D eigenvalue weighted by molar-refractivity contribution is 7.99. The van der Waals surface area contributed by atoms with Crippen LogP contribution in [0.5, 0.6) is 0 Å². The lowest BCUT2D eigenvalue weighted by atomic mass is 10.4. The van der Waals surface area contributed by atoms with E-state index in [9.17, 15) is 9.59 Å². The van der Waals surface area contributed by atoms with Crippen molar-refractivity contribution in [1.82, 2.24) is 10.2 Å². The van der Waals surface area contributed by atoms with Crippen molar-refractivity contribution in [3.63, 3.8) is 0 Å². The van der Waals surface area contributed by atoms with Gasteiger partial charge in [0.2, 0.25) is 0 Å². The molecule has 0 amide bonds. The number of carboxylic acid groups (broad SMARTS) is 1. The van der Waals surface area contributed by atoms with E-state index >= 15 is 0 Å². The second-order valence-corrected chi connectivity index (χ2v) is 2.94. The summed E-state index contributed by atoms with van der Waals surface area (Å²) in [5.41, 5.74) is 0.390. The molecular weight excluding hydrogens is 180 g/mol. The van der Waals surface area contributed by atoms with E-state index in [-0.39, 0.29) is 5.75 Å². The molecule has 1 heterocycles. The van der Waals surface area contributed by atoms with E-state index in [1.807, 2.05) is 0 Å². The molecule has 0 aromatic carbocycles. The van der Waals surface area contributed by atoms with Crippen LogP contribution in [-0.2, 0) is 4.79 Å². The predicted octanol–water partition coefficient (Wildman–Crippen LogP) is 0.399. The standard InChI is InChI=1S/C6H6N2O3S/c9-2-4-1-7-8-6(4)12-3-5(10)11/h1-2H,3H2,(H,7,8)(H,10,11). The number of aromatic amines is 1. The van der Waals surface area contributed by atoms with Crippen LogP contribution in [0.3, 0.4) is 0 Å². The van der Waals surface area contributed by atoms with Crippen LogP contribution in [0.2, 0.25) is 0 Å². The Morgan fingerprint density at radius 2 is 2.58 bits per heavy atom. The Morgan fingerprint density at radius 1 is 1.83 bits per heavy atom. The third kappa shape index (κ3) is 2.09. The van der Waals surface area contributed by atoms with Crippen LogP contribution in [0.1, 0.15) is 10.4 Å². The Labute approximate surface area is 72.2 Å². The topological polar surface area (TPSA) is 83.0 Å². The number of hydrogen-bond donors (Lipinski definition) is 2. The largest absolute Gasteiger partial charge is 0.481 e. The van der Waals surface area contributed by atoms with Gasteiger partial charge >= 0.3 is 5.97 Å². The lowest BCUT2D eigenvalue weighted by Crippen LogP contribution is -1.98. The summed E-state index contributed by atoms with van der Waals surface area (Å²) in [6.07, 6.45) is 1.99. The van der Waals surface area contributed by atoms with Crippen molar-refractivity contribution < 1.29 is 14.7 Å². The van der Waals surface area contributed by atoms with Gasteiger partial charge in [0.05, 0.1) is 17.5 Å². The number of hydrogen-bond acceptors (Lipinski definition) is 4. The normalized spacial score (nSPS) is 9.67. The maximum atomic E-state index is 10.3. The average Bonchev–Trinajstić information content (AvgIpc) is 2.47. The van der Waals surface area contributed by atoms with Crippen LogP contribution in [0.4, 0.5) is 0 Å². The molecule has 2 N–H and O–H groups in total. The number of carboxylic acids is 1. The second-order valence-electron chi connectivity index (χ2n) is 1.95. The molecule has 0 saturated heterocycles. The second kappa shape index (κ2) is 3.91. The minimum Gasteiger partial charge on any atom is -0.481 e. The molecule has 6 heteroatoms. The number of nitrogens with zero attached hydrogens (tertiary/aromatic N) is 1. The van der Waals surface area contributed by atoms with Crippen molar-refractivity contribution >= 4 is 24.0 Å². The number of H-pyrrole nitrogens is 1. The van der Waals surface area contributed by atoms with Gasteiger partial charge < -0.3 is 5.11 Å². The van der Waals surface area contributed by atoms with Gasteiger partial charge in [-0.2, -0.15) is 5.10 Å². The van der Waals surface area contributed by atoms with Gasteiger partial charge in [0.15, 0.2) is 6.29 Å². The number of nitrogens with one attached hydrogen (secondary N) is 1. The number of aliphatic carboxylic acids is 1. The van der Waals surface area contributed by atoms with Gasteiger partial charge in [-0.25, -0.2) is 0 Å². The number of thioether (sulfide) groups is 1. The first kappa shape index (κ1) is 8.79. The summed E-state index contributed by atoms with van der Waals surface area (Å²) in [5, 5.41) is 15.0. The summed E-state index contributed by atoms with van der Waals surface area (Å²) in [5.74, 6) is -1.00. The minimum atomic E-state index is -0.925. The number of carbonyl (C=O) groups excluding carboxylic acids is 1. The number of aromatic nitrogens is 2. The summed E-state index contributed by atoms with van der Waals surface area (Å²) >= 11 is 1.04. The quantitative estimate of drug-likeness (QED) is 0.525. The van der Waals surface area contributed by atoms with E-state index in [1.165, 1.54) is 6.20 Å². The van der Waals surface area contributed by atoms with E-state index in [0.29, 0.717) is 16.9 Å². The monoisotopic (exact) mass is 186 g/mol. The van der Waals surface area contributed by atoms with Crippen LogP contribution in [-0.4, -0.2) is 33.3 Å². The van der Waals surface area contributed by atoms with Gasteiger partial charge in [-0.3, -0.25) is 14.7 Å². The Morgan fingerprint density at radius 3 is 3.17 bits per heavy atom. The smallest absolute Gasteiger partial charge is 0.313 e. The molecule has 0 bridgehead atoms. The molecule has 0 aliphatic heterocycles. The highest BCUT2D eigenvalue weighted by Gasteiger charge is 2.06.